The van der Waals surface area contributed by atoms with Crippen molar-refractivity contribution in [2.45, 2.75) is 46.1 Å². The third kappa shape index (κ3) is 10.3. The Morgan fingerprint density at radius 1 is 1.35 bits per heavy atom. The molecule has 0 aromatic carbocycles. The van der Waals surface area contributed by atoms with Gasteiger partial charge in [0.2, 0.25) is 0 Å². The van der Waals surface area contributed by atoms with Crippen molar-refractivity contribution in [1.82, 2.24) is 5.32 Å². The van der Waals surface area contributed by atoms with Gasteiger partial charge in [-0.15, -0.1) is 0 Å². The standard InChI is InChI=1S/C12H22BrNO3/c1-9(7-10(15)8-13)5-6-14-11(16)17-12(2,3)4/h9H,5-8H2,1-4H3,(H,14,16)/t9-/m0/s1. The summed E-state index contributed by atoms with van der Waals surface area (Å²) < 4.78 is 5.10. The van der Waals surface area contributed by atoms with Crippen molar-refractivity contribution in [3.05, 3.63) is 0 Å². The van der Waals surface area contributed by atoms with Gasteiger partial charge in [-0.05, 0) is 33.1 Å². The Labute approximate surface area is 112 Å². The quantitative estimate of drug-likeness (QED) is 0.768. The smallest absolute Gasteiger partial charge is 0.407 e. The molecule has 0 aromatic heterocycles. The van der Waals surface area contributed by atoms with Crippen LogP contribution in [0.2, 0.25) is 0 Å². The summed E-state index contributed by atoms with van der Waals surface area (Å²) in [6, 6.07) is 0. The molecule has 1 amide bonds. The van der Waals surface area contributed by atoms with E-state index in [1.54, 1.807) is 0 Å². The molecule has 1 N–H and O–H groups in total. The molecule has 100 valence electrons. The van der Waals surface area contributed by atoms with Crippen LogP contribution < -0.4 is 5.32 Å². The van der Waals surface area contributed by atoms with Gasteiger partial charge in [-0.3, -0.25) is 4.79 Å². The third-order valence-corrected chi connectivity index (χ3v) is 2.66. The van der Waals surface area contributed by atoms with E-state index >= 15 is 0 Å². The maximum Gasteiger partial charge on any atom is 0.407 e. The van der Waals surface area contributed by atoms with Gasteiger partial charge in [0.15, 0.2) is 0 Å². The van der Waals surface area contributed by atoms with E-state index in [0.717, 1.165) is 6.42 Å². The molecule has 4 nitrogen and oxygen atoms in total. The van der Waals surface area contributed by atoms with Crippen molar-refractivity contribution in [3.63, 3.8) is 0 Å². The van der Waals surface area contributed by atoms with Crippen LogP contribution in [0.25, 0.3) is 0 Å². The fraction of sp³-hybridized carbons (Fsp3) is 0.833. The fourth-order valence-electron chi connectivity index (χ4n) is 1.28. The molecule has 0 fully saturated rings. The summed E-state index contributed by atoms with van der Waals surface area (Å²) in [6.07, 6.45) is 0.913. The first-order valence-corrected chi connectivity index (χ1v) is 6.91. The van der Waals surface area contributed by atoms with Gasteiger partial charge in [-0.25, -0.2) is 4.79 Å². The van der Waals surface area contributed by atoms with Crippen LogP contribution in [-0.2, 0) is 9.53 Å². The molecule has 5 heteroatoms. The first-order valence-electron chi connectivity index (χ1n) is 5.79. The lowest BCUT2D eigenvalue weighted by Crippen LogP contribution is -2.33. The van der Waals surface area contributed by atoms with Crippen LogP contribution in [0.3, 0.4) is 0 Å². The molecule has 0 aromatic rings. The van der Waals surface area contributed by atoms with Crippen molar-refractivity contribution >= 4 is 27.8 Å². The van der Waals surface area contributed by atoms with Gasteiger partial charge in [-0.1, -0.05) is 22.9 Å². The van der Waals surface area contributed by atoms with Crippen LogP contribution in [0.1, 0.15) is 40.5 Å². The number of halogens is 1. The van der Waals surface area contributed by atoms with E-state index in [2.05, 4.69) is 21.2 Å². The average molecular weight is 308 g/mol. The van der Waals surface area contributed by atoms with Gasteiger partial charge in [0.05, 0.1) is 5.33 Å². The predicted octanol–water partition coefficient (Wildman–Crippen LogP) is 2.89. The second-order valence-corrected chi connectivity index (χ2v) is 5.76. The molecule has 0 bridgehead atoms. The molecule has 0 saturated carbocycles. The zero-order chi connectivity index (χ0) is 13.5. The maximum absolute atomic E-state index is 11.3. The molecular formula is C12H22BrNO3. The van der Waals surface area contributed by atoms with Crippen molar-refractivity contribution in [2.75, 3.05) is 11.9 Å². The van der Waals surface area contributed by atoms with E-state index in [4.69, 9.17) is 4.74 Å². The normalized spacial score (nSPS) is 13.0. The second kappa shape index (κ2) is 7.69. The number of ketones is 1. The minimum absolute atomic E-state index is 0.190. The molecule has 0 saturated heterocycles. The molecule has 17 heavy (non-hydrogen) atoms. The molecular weight excluding hydrogens is 286 g/mol. The predicted molar refractivity (Wildman–Crippen MR) is 71.4 cm³/mol. The van der Waals surface area contributed by atoms with Crippen LogP contribution in [0.15, 0.2) is 0 Å². The van der Waals surface area contributed by atoms with Crippen molar-refractivity contribution in [1.29, 1.82) is 0 Å². The Balaban J connectivity index is 3.70. The molecule has 0 aliphatic heterocycles. The van der Waals surface area contributed by atoms with E-state index < -0.39 is 11.7 Å². The summed E-state index contributed by atoms with van der Waals surface area (Å²) in [6.45, 7) is 8.00. The number of carbonyl (C=O) groups is 2. The lowest BCUT2D eigenvalue weighted by molar-refractivity contribution is -0.117. The number of Topliss-reactive ketones (excluding diaryl/α,β-unsaturated/α-hetero) is 1. The average Bonchev–Trinajstić information content (AvgIpc) is 2.14. The van der Waals surface area contributed by atoms with E-state index in [0.29, 0.717) is 18.3 Å². The molecule has 1 atom stereocenters. The number of nitrogens with one attached hydrogen (secondary N) is 1. The molecule has 0 unspecified atom stereocenters. The molecule has 0 radical (unpaired) electrons. The highest BCUT2D eigenvalue weighted by Gasteiger charge is 2.16. The minimum Gasteiger partial charge on any atom is -0.444 e. The van der Waals surface area contributed by atoms with E-state index in [9.17, 15) is 9.59 Å². The van der Waals surface area contributed by atoms with E-state index in [1.807, 2.05) is 27.7 Å². The van der Waals surface area contributed by atoms with Crippen LogP contribution >= 0.6 is 15.9 Å². The number of hydrogen-bond donors (Lipinski definition) is 1. The van der Waals surface area contributed by atoms with E-state index in [1.165, 1.54) is 0 Å². The molecule has 0 aliphatic rings. The van der Waals surface area contributed by atoms with Gasteiger partial charge in [0.1, 0.15) is 11.4 Å². The molecule has 0 spiro atoms. The Bertz CT molecular complexity index is 261. The Morgan fingerprint density at radius 2 is 1.94 bits per heavy atom. The highest BCUT2D eigenvalue weighted by Crippen LogP contribution is 2.09. The molecule has 0 heterocycles. The van der Waals surface area contributed by atoms with Crippen molar-refractivity contribution < 1.29 is 14.3 Å². The van der Waals surface area contributed by atoms with Gasteiger partial charge in [0.25, 0.3) is 0 Å². The number of ether oxygens (including phenoxy) is 1. The van der Waals surface area contributed by atoms with Crippen molar-refractivity contribution in [3.8, 4) is 0 Å². The lowest BCUT2D eigenvalue weighted by atomic mass is 10.0. The van der Waals surface area contributed by atoms with Gasteiger partial charge in [-0.2, -0.15) is 0 Å². The number of hydrogen-bond acceptors (Lipinski definition) is 3. The molecule has 0 rings (SSSR count). The summed E-state index contributed by atoms with van der Waals surface area (Å²) in [4.78, 5) is 22.5. The largest absolute Gasteiger partial charge is 0.444 e. The van der Waals surface area contributed by atoms with Gasteiger partial charge in [0, 0.05) is 13.0 Å². The van der Waals surface area contributed by atoms with Crippen molar-refractivity contribution in [2.24, 2.45) is 5.92 Å². The lowest BCUT2D eigenvalue weighted by Gasteiger charge is -2.20. The summed E-state index contributed by atoms with van der Waals surface area (Å²) in [5.41, 5.74) is -0.471. The third-order valence-electron chi connectivity index (χ3n) is 2.03. The second-order valence-electron chi connectivity index (χ2n) is 5.20. The number of rotatable bonds is 6. The Hall–Kier alpha value is -0.580. The number of carbonyl (C=O) groups excluding carboxylic acids is 2. The first-order chi connectivity index (χ1) is 7.74. The first kappa shape index (κ1) is 16.4. The monoisotopic (exact) mass is 307 g/mol. The Kier molecular flexibility index (Phi) is 7.43. The SMILES string of the molecule is C[C@@H](CCNC(=O)OC(C)(C)C)CC(=O)CBr. The summed E-state index contributed by atoms with van der Waals surface area (Å²) in [7, 11) is 0. The van der Waals surface area contributed by atoms with Gasteiger partial charge < -0.3 is 10.1 Å². The highest BCUT2D eigenvalue weighted by atomic mass is 79.9. The topological polar surface area (TPSA) is 55.4 Å². The van der Waals surface area contributed by atoms with Crippen LogP contribution in [-0.4, -0.2) is 29.4 Å². The zero-order valence-corrected chi connectivity index (χ0v) is 12.6. The summed E-state index contributed by atoms with van der Waals surface area (Å²) in [5.74, 6) is 0.463. The van der Waals surface area contributed by atoms with E-state index in [-0.39, 0.29) is 11.7 Å². The maximum atomic E-state index is 11.3. The number of alkyl halides is 1. The number of alkyl carbamates (subject to hydrolysis) is 1. The zero-order valence-electron chi connectivity index (χ0n) is 11.0. The van der Waals surface area contributed by atoms with Gasteiger partial charge >= 0.3 is 6.09 Å². The van der Waals surface area contributed by atoms with Crippen LogP contribution in [0.4, 0.5) is 4.79 Å². The fourth-order valence-corrected chi connectivity index (χ4v) is 1.51. The summed E-state index contributed by atoms with van der Waals surface area (Å²) in [5, 5.41) is 3.08. The molecule has 0 aliphatic carbocycles. The van der Waals surface area contributed by atoms with Crippen LogP contribution in [0, 0.1) is 5.92 Å². The summed E-state index contributed by atoms with van der Waals surface area (Å²) >= 11 is 3.13. The van der Waals surface area contributed by atoms with Crippen LogP contribution in [0.5, 0.6) is 0 Å². The highest BCUT2D eigenvalue weighted by molar-refractivity contribution is 9.09. The number of amides is 1. The minimum atomic E-state index is -0.471. The Morgan fingerprint density at radius 3 is 2.41 bits per heavy atom.